The Labute approximate surface area is 121 Å². The fraction of sp³-hybridized carbons (Fsp3) is 0.500. The highest BCUT2D eigenvalue weighted by molar-refractivity contribution is 9.10. The van der Waals surface area contributed by atoms with Crippen molar-refractivity contribution in [3.8, 4) is 5.75 Å². The number of benzene rings is 1. The number of nitrogens with zero attached hydrogens (tertiary/aromatic N) is 1. The normalized spacial score (nSPS) is 15.4. The SMILES string of the molecule is O=C(O)CCCCN1CCOc2ccc(Br)cc2C1. The van der Waals surface area contributed by atoms with Crippen LogP contribution in [0.2, 0.25) is 0 Å². The first-order chi connectivity index (χ1) is 9.15. The van der Waals surface area contributed by atoms with Gasteiger partial charge in [0.25, 0.3) is 0 Å². The molecule has 4 nitrogen and oxygen atoms in total. The number of hydrogen-bond donors (Lipinski definition) is 1. The fourth-order valence-electron chi connectivity index (χ4n) is 2.22. The number of unbranched alkanes of at least 4 members (excludes halogenated alkanes) is 1. The smallest absolute Gasteiger partial charge is 0.303 e. The zero-order valence-electron chi connectivity index (χ0n) is 10.8. The van der Waals surface area contributed by atoms with Crippen molar-refractivity contribution < 1.29 is 14.6 Å². The van der Waals surface area contributed by atoms with Crippen LogP contribution in [0.3, 0.4) is 0 Å². The van der Waals surface area contributed by atoms with E-state index in [1.807, 2.05) is 12.1 Å². The van der Waals surface area contributed by atoms with Gasteiger partial charge in [-0.3, -0.25) is 9.69 Å². The number of hydrogen-bond acceptors (Lipinski definition) is 3. The summed E-state index contributed by atoms with van der Waals surface area (Å²) in [6, 6.07) is 6.07. The largest absolute Gasteiger partial charge is 0.492 e. The van der Waals surface area contributed by atoms with Gasteiger partial charge in [-0.1, -0.05) is 15.9 Å². The zero-order chi connectivity index (χ0) is 13.7. The van der Waals surface area contributed by atoms with Crippen LogP contribution >= 0.6 is 15.9 Å². The summed E-state index contributed by atoms with van der Waals surface area (Å²) in [4.78, 5) is 12.8. The van der Waals surface area contributed by atoms with E-state index in [1.54, 1.807) is 0 Å². The van der Waals surface area contributed by atoms with Gasteiger partial charge < -0.3 is 9.84 Å². The Morgan fingerprint density at radius 3 is 3.05 bits per heavy atom. The maximum absolute atomic E-state index is 10.5. The van der Waals surface area contributed by atoms with Crippen molar-refractivity contribution in [1.29, 1.82) is 0 Å². The van der Waals surface area contributed by atoms with E-state index in [1.165, 1.54) is 5.56 Å². The highest BCUT2D eigenvalue weighted by Crippen LogP contribution is 2.26. The molecule has 0 saturated heterocycles. The van der Waals surface area contributed by atoms with Gasteiger partial charge in [0.1, 0.15) is 12.4 Å². The van der Waals surface area contributed by atoms with Crippen LogP contribution in [-0.2, 0) is 11.3 Å². The number of carboxylic acids is 1. The molecular weight excluding hydrogens is 310 g/mol. The molecule has 1 N–H and O–H groups in total. The first-order valence-corrected chi connectivity index (χ1v) is 7.30. The molecule has 0 fully saturated rings. The van der Waals surface area contributed by atoms with Gasteiger partial charge in [-0.25, -0.2) is 0 Å². The molecule has 0 bridgehead atoms. The Kier molecular flexibility index (Phi) is 5.22. The third kappa shape index (κ3) is 4.51. The Hall–Kier alpha value is -1.07. The number of rotatable bonds is 5. The maximum Gasteiger partial charge on any atom is 0.303 e. The predicted octanol–water partition coefficient (Wildman–Crippen LogP) is 2.90. The lowest BCUT2D eigenvalue weighted by atomic mass is 10.2. The number of aliphatic carboxylic acids is 1. The summed E-state index contributed by atoms with van der Waals surface area (Å²) >= 11 is 3.48. The number of fused-ring (bicyclic) bond motifs is 1. The lowest BCUT2D eigenvalue weighted by molar-refractivity contribution is -0.137. The highest BCUT2D eigenvalue weighted by atomic mass is 79.9. The fourth-order valence-corrected chi connectivity index (χ4v) is 2.63. The molecule has 0 radical (unpaired) electrons. The second-order valence-electron chi connectivity index (χ2n) is 4.73. The van der Waals surface area contributed by atoms with Gasteiger partial charge in [-0.2, -0.15) is 0 Å². The molecule has 1 aliphatic heterocycles. The summed E-state index contributed by atoms with van der Waals surface area (Å²) < 4.78 is 6.78. The van der Waals surface area contributed by atoms with Gasteiger partial charge in [0.2, 0.25) is 0 Å². The van der Waals surface area contributed by atoms with Crippen molar-refractivity contribution in [1.82, 2.24) is 4.90 Å². The van der Waals surface area contributed by atoms with E-state index in [9.17, 15) is 4.79 Å². The molecule has 104 valence electrons. The number of ether oxygens (including phenoxy) is 1. The van der Waals surface area contributed by atoms with Crippen molar-refractivity contribution in [3.05, 3.63) is 28.2 Å². The minimum absolute atomic E-state index is 0.256. The Balaban J connectivity index is 1.88. The van der Waals surface area contributed by atoms with Crippen LogP contribution in [0, 0.1) is 0 Å². The molecule has 1 heterocycles. The van der Waals surface area contributed by atoms with E-state index in [-0.39, 0.29) is 6.42 Å². The van der Waals surface area contributed by atoms with Crippen molar-refractivity contribution in [3.63, 3.8) is 0 Å². The average Bonchev–Trinajstić information content (AvgIpc) is 2.55. The lowest BCUT2D eigenvalue weighted by Gasteiger charge is -2.18. The van der Waals surface area contributed by atoms with Gasteiger partial charge >= 0.3 is 5.97 Å². The zero-order valence-corrected chi connectivity index (χ0v) is 12.4. The molecule has 1 aromatic carbocycles. The quantitative estimate of drug-likeness (QED) is 0.845. The molecule has 0 amide bonds. The Morgan fingerprint density at radius 2 is 2.26 bits per heavy atom. The first-order valence-electron chi connectivity index (χ1n) is 6.50. The van der Waals surface area contributed by atoms with Gasteiger partial charge in [-0.15, -0.1) is 0 Å². The molecule has 5 heteroatoms. The van der Waals surface area contributed by atoms with Crippen LogP contribution in [0.15, 0.2) is 22.7 Å². The van der Waals surface area contributed by atoms with Crippen molar-refractivity contribution in [2.45, 2.75) is 25.8 Å². The second-order valence-corrected chi connectivity index (χ2v) is 5.64. The average molecular weight is 328 g/mol. The van der Waals surface area contributed by atoms with E-state index in [0.29, 0.717) is 6.61 Å². The molecule has 0 aromatic heterocycles. The van der Waals surface area contributed by atoms with Crippen LogP contribution in [0.4, 0.5) is 0 Å². The van der Waals surface area contributed by atoms with Gasteiger partial charge in [0.05, 0.1) is 0 Å². The number of carbonyl (C=O) groups is 1. The van der Waals surface area contributed by atoms with E-state index in [0.717, 1.165) is 42.7 Å². The van der Waals surface area contributed by atoms with Crippen LogP contribution in [0.1, 0.15) is 24.8 Å². The summed E-state index contributed by atoms with van der Waals surface area (Å²) in [5.41, 5.74) is 1.19. The van der Waals surface area contributed by atoms with Gasteiger partial charge in [0.15, 0.2) is 0 Å². The second kappa shape index (κ2) is 6.91. The molecule has 0 spiro atoms. The number of carboxylic acid groups (broad SMARTS) is 1. The molecule has 2 rings (SSSR count). The van der Waals surface area contributed by atoms with E-state index in [4.69, 9.17) is 9.84 Å². The van der Waals surface area contributed by atoms with Crippen molar-refractivity contribution in [2.24, 2.45) is 0 Å². The molecule has 0 saturated carbocycles. The van der Waals surface area contributed by atoms with Crippen molar-refractivity contribution in [2.75, 3.05) is 19.7 Å². The summed E-state index contributed by atoms with van der Waals surface area (Å²) in [5, 5.41) is 8.62. The highest BCUT2D eigenvalue weighted by Gasteiger charge is 2.15. The summed E-state index contributed by atoms with van der Waals surface area (Å²) in [7, 11) is 0. The molecular formula is C14H18BrNO3. The molecule has 1 aliphatic rings. The molecule has 1 aromatic rings. The molecule has 0 unspecified atom stereocenters. The first kappa shape index (κ1) is 14.3. The monoisotopic (exact) mass is 327 g/mol. The maximum atomic E-state index is 10.5. The minimum atomic E-state index is -0.714. The van der Waals surface area contributed by atoms with E-state index < -0.39 is 5.97 Å². The van der Waals surface area contributed by atoms with Crippen LogP contribution < -0.4 is 4.74 Å². The molecule has 0 atom stereocenters. The lowest BCUT2D eigenvalue weighted by Crippen LogP contribution is -2.26. The van der Waals surface area contributed by atoms with Gasteiger partial charge in [-0.05, 0) is 37.6 Å². The third-order valence-corrected chi connectivity index (χ3v) is 3.69. The van der Waals surface area contributed by atoms with E-state index >= 15 is 0 Å². The van der Waals surface area contributed by atoms with Crippen LogP contribution in [-0.4, -0.2) is 35.7 Å². The van der Waals surface area contributed by atoms with Crippen LogP contribution in [0.5, 0.6) is 5.75 Å². The van der Waals surface area contributed by atoms with Crippen LogP contribution in [0.25, 0.3) is 0 Å². The van der Waals surface area contributed by atoms with Gasteiger partial charge in [0, 0.05) is 29.5 Å². The topological polar surface area (TPSA) is 49.8 Å². The van der Waals surface area contributed by atoms with Crippen molar-refractivity contribution >= 4 is 21.9 Å². The Morgan fingerprint density at radius 1 is 1.42 bits per heavy atom. The van der Waals surface area contributed by atoms with E-state index in [2.05, 4.69) is 26.9 Å². The molecule has 19 heavy (non-hydrogen) atoms. The summed E-state index contributed by atoms with van der Waals surface area (Å²) in [6.45, 7) is 3.36. The predicted molar refractivity (Wildman–Crippen MR) is 76.4 cm³/mol. The minimum Gasteiger partial charge on any atom is -0.492 e. The molecule has 0 aliphatic carbocycles. The number of halogens is 1. The summed E-state index contributed by atoms with van der Waals surface area (Å²) in [5.74, 6) is 0.240. The Bertz CT molecular complexity index is 450. The third-order valence-electron chi connectivity index (χ3n) is 3.20. The summed E-state index contributed by atoms with van der Waals surface area (Å²) in [6.07, 6.45) is 1.90. The standard InChI is InChI=1S/C14H18BrNO3/c15-12-4-5-13-11(9-12)10-16(7-8-19-13)6-2-1-3-14(17)18/h4-5,9H,1-3,6-8,10H2,(H,17,18).